The second-order valence-electron chi connectivity index (χ2n) is 2.81. The van der Waals surface area contributed by atoms with Crippen molar-refractivity contribution in [2.24, 2.45) is 0 Å². The molecule has 0 spiro atoms. The summed E-state index contributed by atoms with van der Waals surface area (Å²) in [6, 6.07) is 0. The molecule has 0 amide bonds. The van der Waals surface area contributed by atoms with Gasteiger partial charge < -0.3 is 10.5 Å². The smallest absolute Gasteiger partial charge is 0.344 e. The molecule has 1 aromatic rings. The molecule has 0 aromatic carbocycles. The van der Waals surface area contributed by atoms with Gasteiger partial charge in [-0.2, -0.15) is 0 Å². The molecule has 4 nitrogen and oxygen atoms in total. The van der Waals surface area contributed by atoms with Crippen molar-refractivity contribution in [3.63, 3.8) is 0 Å². The zero-order chi connectivity index (χ0) is 12.3. The molecule has 1 heterocycles. The number of aromatic nitrogens is 1. The highest BCUT2D eigenvalue weighted by molar-refractivity contribution is 5.94. The van der Waals surface area contributed by atoms with E-state index in [-0.39, 0.29) is 6.61 Å². The number of esters is 1. The molecule has 0 aliphatic carbocycles. The summed E-state index contributed by atoms with van der Waals surface area (Å²) in [7, 11) is 0. The van der Waals surface area contributed by atoms with Gasteiger partial charge in [0.05, 0.1) is 12.2 Å². The zero-order valence-electron chi connectivity index (χ0n) is 8.34. The highest BCUT2D eigenvalue weighted by Gasteiger charge is 2.24. The third kappa shape index (κ3) is 2.23. The largest absolute Gasteiger partial charge is 0.462 e. The van der Waals surface area contributed by atoms with Crippen LogP contribution in [0.2, 0.25) is 0 Å². The zero-order valence-corrected chi connectivity index (χ0v) is 8.34. The van der Waals surface area contributed by atoms with Gasteiger partial charge in [-0.1, -0.05) is 0 Å². The van der Waals surface area contributed by atoms with Crippen molar-refractivity contribution in [3.05, 3.63) is 23.1 Å². The third-order valence-corrected chi connectivity index (χ3v) is 1.79. The number of rotatable bonds is 3. The Bertz CT molecular complexity index is 410. The fraction of sp³-hybridized carbons (Fsp3) is 0.333. The Hall–Kier alpha value is -1.79. The molecule has 0 aliphatic heterocycles. The Labute approximate surface area is 89.2 Å². The van der Waals surface area contributed by atoms with Crippen molar-refractivity contribution >= 4 is 11.8 Å². The maximum Gasteiger partial charge on any atom is 0.344 e. The first-order valence-corrected chi connectivity index (χ1v) is 4.38. The predicted molar refractivity (Wildman–Crippen MR) is 49.5 cm³/mol. The maximum absolute atomic E-state index is 13.5. The number of carbonyl (C=O) groups excluding carboxylic acids is 1. The van der Waals surface area contributed by atoms with Crippen LogP contribution in [0.1, 0.15) is 29.3 Å². The predicted octanol–water partition coefficient (Wildman–Crippen LogP) is 1.92. The molecule has 0 saturated carbocycles. The number of anilines is 1. The van der Waals surface area contributed by atoms with Gasteiger partial charge in [0.15, 0.2) is 5.82 Å². The van der Waals surface area contributed by atoms with Crippen LogP contribution in [-0.4, -0.2) is 17.6 Å². The molecule has 0 saturated heterocycles. The van der Waals surface area contributed by atoms with E-state index in [9.17, 15) is 18.0 Å². The van der Waals surface area contributed by atoms with E-state index < -0.39 is 35.2 Å². The van der Waals surface area contributed by atoms with Gasteiger partial charge in [-0.05, 0) is 6.92 Å². The molecule has 7 heteroatoms. The lowest BCUT2D eigenvalue weighted by Gasteiger charge is -2.08. The van der Waals surface area contributed by atoms with Crippen molar-refractivity contribution in [1.82, 2.24) is 4.98 Å². The molecule has 0 bridgehead atoms. The second kappa shape index (κ2) is 4.82. The SMILES string of the molecule is CCOC(=O)c1c(N)ncc(C(F)F)c1F. The summed E-state index contributed by atoms with van der Waals surface area (Å²) < 4.78 is 42.6. The van der Waals surface area contributed by atoms with Crippen LogP contribution in [0.25, 0.3) is 0 Å². The lowest BCUT2D eigenvalue weighted by atomic mass is 10.1. The minimum atomic E-state index is -3.07. The molecule has 16 heavy (non-hydrogen) atoms. The van der Waals surface area contributed by atoms with E-state index in [4.69, 9.17) is 5.73 Å². The van der Waals surface area contributed by atoms with E-state index in [2.05, 4.69) is 9.72 Å². The summed E-state index contributed by atoms with van der Waals surface area (Å²) in [5.41, 5.74) is 3.50. The van der Waals surface area contributed by atoms with Gasteiger partial charge >= 0.3 is 5.97 Å². The number of ether oxygens (including phenoxy) is 1. The van der Waals surface area contributed by atoms with Crippen LogP contribution in [-0.2, 0) is 4.74 Å². The highest BCUT2D eigenvalue weighted by Crippen LogP contribution is 2.26. The number of hydrogen-bond acceptors (Lipinski definition) is 4. The minimum Gasteiger partial charge on any atom is -0.462 e. The quantitative estimate of drug-likeness (QED) is 0.811. The molecule has 0 aliphatic rings. The molecule has 0 atom stereocenters. The summed E-state index contributed by atoms with van der Waals surface area (Å²) >= 11 is 0. The van der Waals surface area contributed by atoms with Crippen LogP contribution in [0.3, 0.4) is 0 Å². The fourth-order valence-corrected chi connectivity index (χ4v) is 1.07. The van der Waals surface area contributed by atoms with Gasteiger partial charge in [-0.15, -0.1) is 0 Å². The van der Waals surface area contributed by atoms with Crippen molar-refractivity contribution in [2.45, 2.75) is 13.3 Å². The van der Waals surface area contributed by atoms with Crippen LogP contribution in [0.4, 0.5) is 19.0 Å². The van der Waals surface area contributed by atoms with Gasteiger partial charge in [0.2, 0.25) is 0 Å². The fourth-order valence-electron chi connectivity index (χ4n) is 1.07. The number of carbonyl (C=O) groups is 1. The molecular formula is C9H9F3N2O2. The minimum absolute atomic E-state index is 0.0172. The number of nitrogen functional groups attached to an aromatic ring is 1. The van der Waals surface area contributed by atoms with E-state index in [1.54, 1.807) is 0 Å². The van der Waals surface area contributed by atoms with Crippen molar-refractivity contribution in [2.75, 3.05) is 12.3 Å². The topological polar surface area (TPSA) is 65.2 Å². The first kappa shape index (κ1) is 12.3. The number of alkyl halides is 2. The van der Waals surface area contributed by atoms with Crippen LogP contribution in [0.15, 0.2) is 6.20 Å². The summed E-state index contributed by atoms with van der Waals surface area (Å²) in [5.74, 6) is -2.96. The number of nitrogens with two attached hydrogens (primary N) is 1. The molecule has 0 unspecified atom stereocenters. The van der Waals surface area contributed by atoms with Gasteiger partial charge in [-0.25, -0.2) is 22.9 Å². The Morgan fingerprint density at radius 2 is 2.25 bits per heavy atom. The van der Waals surface area contributed by atoms with E-state index >= 15 is 0 Å². The Kier molecular flexibility index (Phi) is 3.70. The van der Waals surface area contributed by atoms with Gasteiger partial charge in [-0.3, -0.25) is 0 Å². The monoisotopic (exact) mass is 234 g/mol. The number of halogens is 3. The number of pyridine rings is 1. The Morgan fingerprint density at radius 1 is 1.62 bits per heavy atom. The van der Waals surface area contributed by atoms with E-state index in [1.807, 2.05) is 0 Å². The molecule has 88 valence electrons. The molecule has 2 N–H and O–H groups in total. The highest BCUT2D eigenvalue weighted by atomic mass is 19.3. The molecule has 0 radical (unpaired) electrons. The normalized spacial score (nSPS) is 10.6. The van der Waals surface area contributed by atoms with Gasteiger partial charge in [0.1, 0.15) is 11.4 Å². The summed E-state index contributed by atoms with van der Waals surface area (Å²) in [4.78, 5) is 14.6. The van der Waals surface area contributed by atoms with Crippen molar-refractivity contribution in [1.29, 1.82) is 0 Å². The first-order valence-electron chi connectivity index (χ1n) is 4.38. The van der Waals surface area contributed by atoms with Crippen molar-refractivity contribution in [3.8, 4) is 0 Å². The average molecular weight is 234 g/mol. The number of hydrogen-bond donors (Lipinski definition) is 1. The Balaban J connectivity index is 3.26. The first-order chi connectivity index (χ1) is 7.49. The molecule has 1 rings (SSSR count). The van der Waals surface area contributed by atoms with E-state index in [1.165, 1.54) is 6.92 Å². The van der Waals surface area contributed by atoms with Crippen LogP contribution in [0.5, 0.6) is 0 Å². The standard InChI is InChI=1S/C9H9F3N2O2/c1-2-16-9(15)5-6(10)4(7(11)12)3-14-8(5)13/h3,7H,2H2,1H3,(H2,13,14). The van der Waals surface area contributed by atoms with Gasteiger partial charge in [0, 0.05) is 6.20 Å². The lowest BCUT2D eigenvalue weighted by Crippen LogP contribution is -2.14. The summed E-state index contributed by atoms with van der Waals surface area (Å²) in [6.07, 6.45) is -2.47. The van der Waals surface area contributed by atoms with Gasteiger partial charge in [0.25, 0.3) is 6.43 Å². The summed E-state index contributed by atoms with van der Waals surface area (Å²) in [5, 5.41) is 0. The van der Waals surface area contributed by atoms with E-state index in [0.29, 0.717) is 6.20 Å². The second-order valence-corrected chi connectivity index (χ2v) is 2.81. The average Bonchev–Trinajstić information content (AvgIpc) is 2.17. The van der Waals surface area contributed by atoms with Crippen LogP contribution in [0, 0.1) is 5.82 Å². The van der Waals surface area contributed by atoms with Crippen molar-refractivity contribution < 1.29 is 22.7 Å². The van der Waals surface area contributed by atoms with Crippen LogP contribution >= 0.6 is 0 Å². The number of nitrogens with zero attached hydrogens (tertiary/aromatic N) is 1. The maximum atomic E-state index is 13.5. The Morgan fingerprint density at radius 3 is 2.75 bits per heavy atom. The van der Waals surface area contributed by atoms with Crippen LogP contribution < -0.4 is 5.73 Å². The molecular weight excluding hydrogens is 225 g/mol. The molecule has 1 aromatic heterocycles. The van der Waals surface area contributed by atoms with E-state index in [0.717, 1.165) is 0 Å². The molecule has 0 fully saturated rings. The third-order valence-electron chi connectivity index (χ3n) is 1.79. The summed E-state index contributed by atoms with van der Waals surface area (Å²) in [6.45, 7) is 1.48. The lowest BCUT2D eigenvalue weighted by molar-refractivity contribution is 0.0520.